The smallest absolute Gasteiger partial charge is 0.127 e. The highest BCUT2D eigenvalue weighted by Crippen LogP contribution is 2.19. The van der Waals surface area contributed by atoms with Gasteiger partial charge in [0.2, 0.25) is 0 Å². The summed E-state index contributed by atoms with van der Waals surface area (Å²) in [6.45, 7) is 2.70. The lowest BCUT2D eigenvalue weighted by Gasteiger charge is -2.02. The van der Waals surface area contributed by atoms with E-state index in [4.69, 9.17) is 4.74 Å². The van der Waals surface area contributed by atoms with E-state index in [2.05, 4.69) is 25.9 Å². The second-order valence-corrected chi connectivity index (χ2v) is 4.70. The van der Waals surface area contributed by atoms with Gasteiger partial charge in [-0.2, -0.15) is 0 Å². The number of rotatable bonds is 5. The Kier molecular flexibility index (Phi) is 5.44. The first kappa shape index (κ1) is 11.9. The number of aromatic nitrogens is 2. The fraction of sp³-hybridized carbons (Fsp3) is 0.556. The highest BCUT2D eigenvalue weighted by Gasteiger charge is 1.99. The predicted octanol–water partition coefficient (Wildman–Crippen LogP) is 2.68. The summed E-state index contributed by atoms with van der Waals surface area (Å²) in [5, 5.41) is 1.01. The first-order valence-corrected chi connectivity index (χ1v) is 6.13. The van der Waals surface area contributed by atoms with Crippen molar-refractivity contribution in [2.45, 2.75) is 18.4 Å². The van der Waals surface area contributed by atoms with Crippen LogP contribution in [0.1, 0.15) is 12.2 Å². The van der Waals surface area contributed by atoms with E-state index in [1.54, 1.807) is 18.9 Å². The Labute approximate surface area is 96.8 Å². The minimum Gasteiger partial charge on any atom is -0.385 e. The van der Waals surface area contributed by atoms with Crippen LogP contribution in [-0.2, 0) is 4.74 Å². The third kappa shape index (κ3) is 4.39. The summed E-state index contributed by atoms with van der Waals surface area (Å²) in [5.74, 6) is 1.82. The van der Waals surface area contributed by atoms with Crippen LogP contribution in [0.3, 0.4) is 0 Å². The molecule has 0 saturated heterocycles. The zero-order valence-electron chi connectivity index (χ0n) is 8.29. The summed E-state index contributed by atoms with van der Waals surface area (Å²) >= 11 is 5.07. The Morgan fingerprint density at radius 2 is 2.29 bits per heavy atom. The Balaban J connectivity index is 2.42. The first-order chi connectivity index (χ1) is 6.72. The van der Waals surface area contributed by atoms with Crippen molar-refractivity contribution in [1.82, 2.24) is 9.97 Å². The molecular weight excluding hydrogens is 264 g/mol. The van der Waals surface area contributed by atoms with Crippen LogP contribution < -0.4 is 0 Å². The predicted molar refractivity (Wildman–Crippen MR) is 61.7 cm³/mol. The van der Waals surface area contributed by atoms with E-state index in [-0.39, 0.29) is 0 Å². The van der Waals surface area contributed by atoms with Gasteiger partial charge in [0.25, 0.3) is 0 Å². The second-order valence-electron chi connectivity index (χ2n) is 2.77. The van der Waals surface area contributed by atoms with Gasteiger partial charge in [0.15, 0.2) is 0 Å². The standard InChI is InChI=1S/C9H13BrN2OS/c1-7-11-8(10)6-9(12-7)14-5-3-4-13-2/h6H,3-5H2,1-2H3. The number of nitrogens with zero attached hydrogens (tertiary/aromatic N) is 2. The van der Waals surface area contributed by atoms with Crippen molar-refractivity contribution < 1.29 is 4.74 Å². The normalized spacial score (nSPS) is 10.5. The quantitative estimate of drug-likeness (QED) is 0.471. The maximum Gasteiger partial charge on any atom is 0.127 e. The molecule has 0 aliphatic rings. The molecule has 0 aliphatic heterocycles. The van der Waals surface area contributed by atoms with E-state index in [9.17, 15) is 0 Å². The van der Waals surface area contributed by atoms with Crippen molar-refractivity contribution >= 4 is 27.7 Å². The van der Waals surface area contributed by atoms with Crippen molar-refractivity contribution in [3.8, 4) is 0 Å². The summed E-state index contributed by atoms with van der Waals surface area (Å²) in [6, 6.07) is 1.93. The molecule has 5 heteroatoms. The molecule has 0 atom stereocenters. The molecule has 0 spiro atoms. The fourth-order valence-electron chi connectivity index (χ4n) is 0.959. The highest BCUT2D eigenvalue weighted by molar-refractivity contribution is 9.10. The molecule has 3 nitrogen and oxygen atoms in total. The topological polar surface area (TPSA) is 35.0 Å². The largest absolute Gasteiger partial charge is 0.385 e. The van der Waals surface area contributed by atoms with Gasteiger partial charge in [-0.1, -0.05) is 0 Å². The average molecular weight is 277 g/mol. The third-order valence-corrected chi connectivity index (χ3v) is 2.93. The van der Waals surface area contributed by atoms with Gasteiger partial charge in [-0.15, -0.1) is 11.8 Å². The van der Waals surface area contributed by atoms with E-state index in [1.807, 2.05) is 13.0 Å². The minimum absolute atomic E-state index is 0.800. The Morgan fingerprint density at radius 3 is 2.93 bits per heavy atom. The van der Waals surface area contributed by atoms with Crippen molar-refractivity contribution in [2.24, 2.45) is 0 Å². The number of methoxy groups -OCH3 is 1. The van der Waals surface area contributed by atoms with Gasteiger partial charge in [-0.3, -0.25) is 0 Å². The molecule has 1 rings (SSSR count). The van der Waals surface area contributed by atoms with E-state index >= 15 is 0 Å². The fourth-order valence-corrected chi connectivity index (χ4v) is 2.45. The summed E-state index contributed by atoms with van der Waals surface area (Å²) in [4.78, 5) is 8.46. The number of thioether (sulfide) groups is 1. The van der Waals surface area contributed by atoms with Crippen LogP contribution in [0.15, 0.2) is 15.7 Å². The molecule has 0 N–H and O–H groups in total. The van der Waals surface area contributed by atoms with Crippen molar-refractivity contribution in [2.75, 3.05) is 19.5 Å². The van der Waals surface area contributed by atoms with Crippen LogP contribution >= 0.6 is 27.7 Å². The summed E-state index contributed by atoms with van der Waals surface area (Å²) < 4.78 is 5.82. The van der Waals surface area contributed by atoms with Gasteiger partial charge >= 0.3 is 0 Å². The van der Waals surface area contributed by atoms with Crippen molar-refractivity contribution in [1.29, 1.82) is 0 Å². The molecule has 0 radical (unpaired) electrons. The number of hydrogen-bond donors (Lipinski definition) is 0. The van der Waals surface area contributed by atoms with Crippen LogP contribution in [0.2, 0.25) is 0 Å². The molecule has 1 aromatic rings. The molecule has 0 saturated carbocycles. The molecule has 1 aromatic heterocycles. The second kappa shape index (κ2) is 6.37. The summed E-state index contributed by atoms with van der Waals surface area (Å²) in [6.07, 6.45) is 1.04. The highest BCUT2D eigenvalue weighted by atomic mass is 79.9. The molecule has 0 aliphatic carbocycles. The molecule has 0 unspecified atom stereocenters. The maximum absolute atomic E-state index is 4.97. The van der Waals surface area contributed by atoms with Gasteiger partial charge < -0.3 is 4.74 Å². The van der Waals surface area contributed by atoms with Crippen molar-refractivity contribution in [3.05, 3.63) is 16.5 Å². The molecule has 78 valence electrons. The van der Waals surface area contributed by atoms with Gasteiger partial charge in [-0.25, -0.2) is 9.97 Å². The zero-order valence-corrected chi connectivity index (χ0v) is 10.7. The summed E-state index contributed by atoms with van der Waals surface area (Å²) in [5.41, 5.74) is 0. The number of ether oxygens (including phenoxy) is 1. The van der Waals surface area contributed by atoms with E-state index in [1.165, 1.54) is 0 Å². The van der Waals surface area contributed by atoms with Crippen LogP contribution in [0.25, 0.3) is 0 Å². The Morgan fingerprint density at radius 1 is 1.50 bits per heavy atom. The minimum atomic E-state index is 0.800. The number of aryl methyl sites for hydroxylation is 1. The SMILES string of the molecule is COCCCSc1cc(Br)nc(C)n1. The van der Waals surface area contributed by atoms with Crippen LogP contribution in [0.5, 0.6) is 0 Å². The Hall–Kier alpha value is -0.130. The lowest BCUT2D eigenvalue weighted by Crippen LogP contribution is -1.93. The monoisotopic (exact) mass is 276 g/mol. The molecule has 1 heterocycles. The maximum atomic E-state index is 4.97. The molecule has 0 amide bonds. The van der Waals surface area contributed by atoms with Gasteiger partial charge in [0.05, 0.1) is 0 Å². The van der Waals surface area contributed by atoms with Crippen LogP contribution in [0, 0.1) is 6.92 Å². The van der Waals surface area contributed by atoms with Gasteiger partial charge in [0.1, 0.15) is 15.5 Å². The average Bonchev–Trinajstić information content (AvgIpc) is 2.11. The number of hydrogen-bond acceptors (Lipinski definition) is 4. The lowest BCUT2D eigenvalue weighted by atomic mass is 10.5. The van der Waals surface area contributed by atoms with E-state index in [0.29, 0.717) is 0 Å². The lowest BCUT2D eigenvalue weighted by molar-refractivity contribution is 0.200. The zero-order chi connectivity index (χ0) is 10.4. The third-order valence-electron chi connectivity index (χ3n) is 1.53. The molecule has 14 heavy (non-hydrogen) atoms. The first-order valence-electron chi connectivity index (χ1n) is 4.35. The van der Waals surface area contributed by atoms with Crippen molar-refractivity contribution in [3.63, 3.8) is 0 Å². The van der Waals surface area contributed by atoms with Crippen LogP contribution in [0.4, 0.5) is 0 Å². The number of halogens is 1. The van der Waals surface area contributed by atoms with E-state index in [0.717, 1.165) is 34.2 Å². The summed E-state index contributed by atoms with van der Waals surface area (Å²) in [7, 11) is 1.72. The van der Waals surface area contributed by atoms with E-state index < -0.39 is 0 Å². The van der Waals surface area contributed by atoms with Crippen LogP contribution in [-0.4, -0.2) is 29.4 Å². The molecule has 0 bridgehead atoms. The molecular formula is C9H13BrN2OS. The van der Waals surface area contributed by atoms with Gasteiger partial charge in [0, 0.05) is 25.5 Å². The molecule has 0 fully saturated rings. The Bertz CT molecular complexity index is 276. The van der Waals surface area contributed by atoms with Gasteiger partial charge in [-0.05, 0) is 29.3 Å². The molecule has 0 aromatic carbocycles.